The van der Waals surface area contributed by atoms with E-state index in [4.69, 9.17) is 0 Å². The molecule has 2 aromatic carbocycles. The zero-order valence-corrected chi connectivity index (χ0v) is 11.8. The van der Waals surface area contributed by atoms with Crippen molar-refractivity contribution in [2.24, 2.45) is 0 Å². The summed E-state index contributed by atoms with van der Waals surface area (Å²) in [5.41, 5.74) is -3.07. The monoisotopic (exact) mass is 326 g/mol. The van der Waals surface area contributed by atoms with Gasteiger partial charge in [-0.1, -0.05) is 30.3 Å². The van der Waals surface area contributed by atoms with Crippen LogP contribution in [0.1, 0.15) is 33.2 Å². The number of benzene rings is 2. The highest BCUT2D eigenvalue weighted by Gasteiger charge is 2.33. The number of ketones is 1. The Balaban J connectivity index is 2.64. The lowest BCUT2D eigenvalue weighted by Gasteiger charge is -2.10. The van der Waals surface area contributed by atoms with Gasteiger partial charge in [-0.3, -0.25) is 4.79 Å². The molecule has 0 saturated carbocycles. The highest BCUT2D eigenvalue weighted by Crippen LogP contribution is 2.26. The van der Waals surface area contributed by atoms with Gasteiger partial charge in [-0.15, -0.1) is 0 Å². The van der Waals surface area contributed by atoms with Crippen molar-refractivity contribution in [2.75, 3.05) is 6.61 Å². The highest BCUT2D eigenvalue weighted by atomic mass is 19.2. The molecule has 0 aliphatic carbocycles. The maximum absolute atomic E-state index is 14.0. The van der Waals surface area contributed by atoms with Crippen molar-refractivity contribution < 1.29 is 31.9 Å². The molecule has 0 aromatic heterocycles. The molecule has 0 radical (unpaired) electrons. The molecule has 0 aliphatic heterocycles. The highest BCUT2D eigenvalue weighted by molar-refractivity contribution is 6.09. The summed E-state index contributed by atoms with van der Waals surface area (Å²) in [6.45, 7) is 1.11. The second-order valence-electron chi connectivity index (χ2n) is 4.42. The Bertz CT molecular complexity index is 744. The standard InChI is InChI=1S/C16H10F4O3/c1-2-23-16(22)10-13(19)11(17)9(12(18)14(10)20)15(21)8-6-4-3-5-7-8/h3-7H,2H2,1H3. The molecule has 0 fully saturated rings. The maximum Gasteiger partial charge on any atom is 0.344 e. The van der Waals surface area contributed by atoms with Crippen LogP contribution in [0.2, 0.25) is 0 Å². The van der Waals surface area contributed by atoms with Crippen LogP contribution in [0.3, 0.4) is 0 Å². The van der Waals surface area contributed by atoms with Crippen LogP contribution in [-0.4, -0.2) is 18.4 Å². The maximum atomic E-state index is 14.0. The van der Waals surface area contributed by atoms with Crippen LogP contribution < -0.4 is 0 Å². The minimum Gasteiger partial charge on any atom is -0.462 e. The molecule has 0 aliphatic rings. The van der Waals surface area contributed by atoms with Crippen LogP contribution in [0.5, 0.6) is 0 Å². The molecule has 0 saturated heterocycles. The number of carbonyl (C=O) groups is 2. The van der Waals surface area contributed by atoms with Crippen LogP contribution in [0, 0.1) is 23.3 Å². The first-order valence-corrected chi connectivity index (χ1v) is 6.52. The van der Waals surface area contributed by atoms with Crippen molar-refractivity contribution in [1.29, 1.82) is 0 Å². The fraction of sp³-hybridized carbons (Fsp3) is 0.125. The number of halogens is 4. The second-order valence-corrected chi connectivity index (χ2v) is 4.42. The number of carbonyl (C=O) groups excluding carboxylic acids is 2. The van der Waals surface area contributed by atoms with E-state index >= 15 is 0 Å². The Labute approximate surface area is 128 Å². The Kier molecular flexibility index (Phi) is 4.78. The number of hydrogen-bond acceptors (Lipinski definition) is 3. The van der Waals surface area contributed by atoms with Crippen LogP contribution in [0.25, 0.3) is 0 Å². The Morgan fingerprint density at radius 1 is 0.870 bits per heavy atom. The Morgan fingerprint density at radius 3 is 1.83 bits per heavy atom. The zero-order valence-electron chi connectivity index (χ0n) is 11.8. The van der Waals surface area contributed by atoms with E-state index in [1.165, 1.54) is 31.2 Å². The minimum atomic E-state index is -1.97. The van der Waals surface area contributed by atoms with Crippen molar-refractivity contribution in [2.45, 2.75) is 6.92 Å². The molecular formula is C16H10F4O3. The zero-order chi connectivity index (χ0) is 17.1. The van der Waals surface area contributed by atoms with E-state index in [9.17, 15) is 27.2 Å². The van der Waals surface area contributed by atoms with Gasteiger partial charge < -0.3 is 4.74 Å². The summed E-state index contributed by atoms with van der Waals surface area (Å²) < 4.78 is 60.2. The molecule has 23 heavy (non-hydrogen) atoms. The van der Waals surface area contributed by atoms with Crippen molar-refractivity contribution >= 4 is 11.8 Å². The average Bonchev–Trinajstić information content (AvgIpc) is 2.54. The molecule has 0 spiro atoms. The molecule has 120 valence electrons. The van der Waals surface area contributed by atoms with Gasteiger partial charge in [0, 0.05) is 5.56 Å². The molecule has 2 rings (SSSR count). The molecule has 0 atom stereocenters. The van der Waals surface area contributed by atoms with Gasteiger partial charge in [0.05, 0.1) is 6.61 Å². The van der Waals surface area contributed by atoms with E-state index < -0.39 is 46.1 Å². The first-order chi connectivity index (χ1) is 10.9. The minimum absolute atomic E-state index is 0.159. The number of esters is 1. The van der Waals surface area contributed by atoms with E-state index in [1.807, 2.05) is 0 Å². The normalized spacial score (nSPS) is 10.5. The van der Waals surface area contributed by atoms with Gasteiger partial charge in [-0.25, -0.2) is 22.4 Å². The van der Waals surface area contributed by atoms with Gasteiger partial charge in [0.2, 0.25) is 0 Å². The second kappa shape index (κ2) is 6.60. The largest absolute Gasteiger partial charge is 0.462 e. The predicted octanol–water partition coefficient (Wildman–Crippen LogP) is 3.65. The fourth-order valence-electron chi connectivity index (χ4n) is 1.95. The lowest BCUT2D eigenvalue weighted by atomic mass is 9.99. The molecule has 0 amide bonds. The summed E-state index contributed by atoms with van der Waals surface area (Å²) in [6, 6.07) is 6.85. The Morgan fingerprint density at radius 2 is 1.35 bits per heavy atom. The molecule has 0 unspecified atom stereocenters. The van der Waals surface area contributed by atoms with E-state index in [2.05, 4.69) is 4.74 Å². The van der Waals surface area contributed by atoms with Crippen LogP contribution in [0.15, 0.2) is 30.3 Å². The van der Waals surface area contributed by atoms with Crippen molar-refractivity contribution in [3.8, 4) is 0 Å². The topological polar surface area (TPSA) is 43.4 Å². The Hall–Kier alpha value is -2.70. The van der Waals surface area contributed by atoms with Crippen molar-refractivity contribution in [1.82, 2.24) is 0 Å². The predicted molar refractivity (Wildman–Crippen MR) is 72.1 cm³/mol. The summed E-state index contributed by atoms with van der Waals surface area (Å²) in [5, 5.41) is 0. The van der Waals surface area contributed by atoms with Crippen LogP contribution >= 0.6 is 0 Å². The first-order valence-electron chi connectivity index (χ1n) is 6.52. The summed E-state index contributed by atoms with van der Waals surface area (Å²) in [5.74, 6) is -10.6. The van der Waals surface area contributed by atoms with Gasteiger partial charge in [-0.05, 0) is 6.92 Å². The van der Waals surface area contributed by atoms with Crippen molar-refractivity contribution in [3.05, 3.63) is 70.3 Å². The third-order valence-corrected chi connectivity index (χ3v) is 3.01. The number of hydrogen-bond donors (Lipinski definition) is 0. The summed E-state index contributed by atoms with van der Waals surface area (Å²) in [4.78, 5) is 23.5. The van der Waals surface area contributed by atoms with Gasteiger partial charge >= 0.3 is 5.97 Å². The molecule has 0 heterocycles. The van der Waals surface area contributed by atoms with E-state index in [0.717, 1.165) is 0 Å². The van der Waals surface area contributed by atoms with E-state index in [1.54, 1.807) is 6.07 Å². The molecule has 7 heteroatoms. The van der Waals surface area contributed by atoms with Gasteiger partial charge in [0.1, 0.15) is 11.1 Å². The molecule has 3 nitrogen and oxygen atoms in total. The summed E-state index contributed by atoms with van der Waals surface area (Å²) in [7, 11) is 0. The van der Waals surface area contributed by atoms with Gasteiger partial charge in [-0.2, -0.15) is 0 Å². The summed E-state index contributed by atoms with van der Waals surface area (Å²) >= 11 is 0. The third kappa shape index (κ3) is 2.94. The lowest BCUT2D eigenvalue weighted by Crippen LogP contribution is -2.18. The molecule has 0 bridgehead atoms. The van der Waals surface area contributed by atoms with E-state index in [-0.39, 0.29) is 12.2 Å². The van der Waals surface area contributed by atoms with Crippen LogP contribution in [-0.2, 0) is 4.74 Å². The fourth-order valence-corrected chi connectivity index (χ4v) is 1.95. The molecular weight excluding hydrogens is 316 g/mol. The SMILES string of the molecule is CCOC(=O)c1c(F)c(F)c(C(=O)c2ccccc2)c(F)c1F. The first kappa shape index (κ1) is 16.7. The number of ether oxygens (including phenoxy) is 1. The molecule has 0 N–H and O–H groups in total. The third-order valence-electron chi connectivity index (χ3n) is 3.01. The molecule has 2 aromatic rings. The lowest BCUT2D eigenvalue weighted by molar-refractivity contribution is 0.0511. The van der Waals surface area contributed by atoms with Gasteiger partial charge in [0.25, 0.3) is 0 Å². The number of rotatable bonds is 4. The summed E-state index contributed by atoms with van der Waals surface area (Å²) in [6.07, 6.45) is 0. The van der Waals surface area contributed by atoms with Crippen molar-refractivity contribution in [3.63, 3.8) is 0 Å². The smallest absolute Gasteiger partial charge is 0.344 e. The van der Waals surface area contributed by atoms with Crippen LogP contribution in [0.4, 0.5) is 17.6 Å². The van der Waals surface area contributed by atoms with Gasteiger partial charge in [0.15, 0.2) is 29.1 Å². The quantitative estimate of drug-likeness (QED) is 0.373. The average molecular weight is 326 g/mol. The van der Waals surface area contributed by atoms with E-state index in [0.29, 0.717) is 0 Å².